The van der Waals surface area contributed by atoms with Crippen LogP contribution in [0.1, 0.15) is 26.3 Å². The van der Waals surface area contributed by atoms with Gasteiger partial charge in [-0.15, -0.1) is 0 Å². The minimum Gasteiger partial charge on any atom is -0.507 e. The predicted molar refractivity (Wildman–Crippen MR) is 90.4 cm³/mol. The highest BCUT2D eigenvalue weighted by Crippen LogP contribution is 2.35. The molecule has 3 rings (SSSR count). The smallest absolute Gasteiger partial charge is 0.139 e. The quantitative estimate of drug-likeness (QED) is 0.744. The van der Waals surface area contributed by atoms with E-state index >= 15 is 0 Å². The van der Waals surface area contributed by atoms with Gasteiger partial charge in [0.15, 0.2) is 0 Å². The summed E-state index contributed by atoms with van der Waals surface area (Å²) in [6, 6.07) is 11.3. The van der Waals surface area contributed by atoms with Gasteiger partial charge in [-0.3, -0.25) is 4.40 Å². The van der Waals surface area contributed by atoms with Gasteiger partial charge in [-0.1, -0.05) is 18.2 Å². The molecule has 0 atom stereocenters. The molecule has 0 unspecified atom stereocenters. The van der Waals surface area contributed by atoms with E-state index in [4.69, 9.17) is 4.98 Å². The number of phenols is 1. The predicted octanol–water partition coefficient (Wildman–Crippen LogP) is 4.23. The summed E-state index contributed by atoms with van der Waals surface area (Å²) in [5, 5.41) is 13.7. The molecule has 2 heterocycles. The second kappa shape index (κ2) is 5.05. The second-order valence-corrected chi connectivity index (χ2v) is 6.64. The molecule has 0 saturated heterocycles. The number of anilines is 1. The maximum Gasteiger partial charge on any atom is 0.139 e. The van der Waals surface area contributed by atoms with Gasteiger partial charge in [0.1, 0.15) is 22.9 Å². The Balaban J connectivity index is 2.29. The number of aryl methyl sites for hydroxylation is 1. The fraction of sp³-hybridized carbons (Fsp3) is 0.278. The Morgan fingerprint density at radius 1 is 1.09 bits per heavy atom. The standard InChI is InChI=1S/C18H21N3O/c1-12-9-10-15-19-16(13-7-5-6-8-14(13)22)17(21(15)11-12)20-18(2,3)4/h5-11,20,22H,1-4H3. The van der Waals surface area contributed by atoms with Gasteiger partial charge in [0.05, 0.1) is 0 Å². The van der Waals surface area contributed by atoms with Gasteiger partial charge < -0.3 is 10.4 Å². The highest BCUT2D eigenvalue weighted by molar-refractivity contribution is 5.80. The van der Waals surface area contributed by atoms with E-state index < -0.39 is 0 Å². The summed E-state index contributed by atoms with van der Waals surface area (Å²) in [6.45, 7) is 8.38. The zero-order valence-corrected chi connectivity index (χ0v) is 13.4. The molecule has 114 valence electrons. The van der Waals surface area contributed by atoms with Gasteiger partial charge in [-0.25, -0.2) is 4.98 Å². The monoisotopic (exact) mass is 295 g/mol. The van der Waals surface area contributed by atoms with Crippen molar-refractivity contribution in [2.45, 2.75) is 33.2 Å². The number of benzene rings is 1. The molecule has 2 N–H and O–H groups in total. The molecule has 0 spiro atoms. The van der Waals surface area contributed by atoms with Crippen LogP contribution in [0.5, 0.6) is 5.75 Å². The Bertz CT molecular complexity index is 828. The van der Waals surface area contributed by atoms with Crippen LogP contribution in [-0.2, 0) is 0 Å². The maximum atomic E-state index is 10.2. The van der Waals surface area contributed by atoms with Crippen molar-refractivity contribution < 1.29 is 5.11 Å². The summed E-state index contributed by atoms with van der Waals surface area (Å²) in [5.74, 6) is 1.13. The van der Waals surface area contributed by atoms with E-state index in [-0.39, 0.29) is 11.3 Å². The minimum atomic E-state index is -0.112. The first-order chi connectivity index (χ1) is 10.3. The molecule has 0 fully saturated rings. The molecule has 0 aliphatic rings. The van der Waals surface area contributed by atoms with Crippen molar-refractivity contribution in [3.8, 4) is 17.0 Å². The van der Waals surface area contributed by atoms with Crippen molar-refractivity contribution in [1.29, 1.82) is 0 Å². The largest absolute Gasteiger partial charge is 0.507 e. The van der Waals surface area contributed by atoms with E-state index in [2.05, 4.69) is 39.2 Å². The molecule has 0 aliphatic heterocycles. The van der Waals surface area contributed by atoms with Gasteiger partial charge in [0, 0.05) is 17.3 Å². The summed E-state index contributed by atoms with van der Waals surface area (Å²) < 4.78 is 2.04. The van der Waals surface area contributed by atoms with Crippen molar-refractivity contribution >= 4 is 11.5 Å². The third kappa shape index (κ3) is 2.64. The van der Waals surface area contributed by atoms with E-state index in [1.165, 1.54) is 0 Å². The van der Waals surface area contributed by atoms with Gasteiger partial charge in [-0.05, 0) is 51.5 Å². The van der Waals surface area contributed by atoms with Crippen LogP contribution in [0, 0.1) is 6.92 Å². The zero-order valence-electron chi connectivity index (χ0n) is 13.4. The van der Waals surface area contributed by atoms with Crippen LogP contribution in [0.2, 0.25) is 0 Å². The number of pyridine rings is 1. The molecule has 1 aromatic carbocycles. The molecule has 3 aromatic rings. The summed E-state index contributed by atoms with van der Waals surface area (Å²) >= 11 is 0. The molecule has 0 saturated carbocycles. The van der Waals surface area contributed by atoms with Crippen molar-refractivity contribution in [2.75, 3.05) is 5.32 Å². The highest BCUT2D eigenvalue weighted by Gasteiger charge is 2.20. The van der Waals surface area contributed by atoms with Crippen molar-refractivity contribution in [3.63, 3.8) is 0 Å². The topological polar surface area (TPSA) is 49.6 Å². The summed E-state index contributed by atoms with van der Waals surface area (Å²) in [6.07, 6.45) is 2.06. The first-order valence-corrected chi connectivity index (χ1v) is 7.40. The average molecular weight is 295 g/mol. The number of imidazole rings is 1. The highest BCUT2D eigenvalue weighted by atomic mass is 16.3. The molecule has 2 aromatic heterocycles. The molecule has 0 radical (unpaired) electrons. The molecule has 22 heavy (non-hydrogen) atoms. The second-order valence-electron chi connectivity index (χ2n) is 6.64. The van der Waals surface area contributed by atoms with E-state index in [1.54, 1.807) is 6.07 Å². The lowest BCUT2D eigenvalue weighted by molar-refractivity contribution is 0.477. The number of rotatable bonds is 2. The Morgan fingerprint density at radius 3 is 2.50 bits per heavy atom. The molecule has 0 bridgehead atoms. The van der Waals surface area contributed by atoms with E-state index in [0.29, 0.717) is 0 Å². The number of aromatic nitrogens is 2. The first-order valence-electron chi connectivity index (χ1n) is 7.40. The lowest BCUT2D eigenvalue weighted by Gasteiger charge is -2.22. The van der Waals surface area contributed by atoms with E-state index in [0.717, 1.165) is 28.3 Å². The molecule has 0 amide bonds. The number of aromatic hydroxyl groups is 1. The molecular weight excluding hydrogens is 274 g/mol. The Morgan fingerprint density at radius 2 is 1.82 bits per heavy atom. The van der Waals surface area contributed by atoms with Gasteiger partial charge in [0.25, 0.3) is 0 Å². The van der Waals surface area contributed by atoms with Gasteiger partial charge in [0.2, 0.25) is 0 Å². The van der Waals surface area contributed by atoms with Crippen LogP contribution in [0.15, 0.2) is 42.6 Å². The zero-order chi connectivity index (χ0) is 15.9. The minimum absolute atomic E-state index is 0.112. The van der Waals surface area contributed by atoms with Crippen molar-refractivity contribution in [3.05, 3.63) is 48.2 Å². The van der Waals surface area contributed by atoms with Crippen LogP contribution < -0.4 is 5.32 Å². The maximum absolute atomic E-state index is 10.2. The number of fused-ring (bicyclic) bond motifs is 1. The van der Waals surface area contributed by atoms with Crippen molar-refractivity contribution in [2.24, 2.45) is 0 Å². The molecular formula is C18H21N3O. The fourth-order valence-corrected chi connectivity index (χ4v) is 2.49. The van der Waals surface area contributed by atoms with Crippen LogP contribution >= 0.6 is 0 Å². The summed E-state index contributed by atoms with van der Waals surface area (Å²) in [4.78, 5) is 4.71. The number of nitrogens with one attached hydrogen (secondary N) is 1. The van der Waals surface area contributed by atoms with Crippen molar-refractivity contribution in [1.82, 2.24) is 9.38 Å². The van der Waals surface area contributed by atoms with Crippen LogP contribution in [0.25, 0.3) is 16.9 Å². The number of phenolic OH excluding ortho intramolecular Hbond substituents is 1. The third-order valence-corrected chi connectivity index (χ3v) is 3.42. The molecule has 4 nitrogen and oxygen atoms in total. The number of hydrogen-bond acceptors (Lipinski definition) is 3. The summed E-state index contributed by atoms with van der Waals surface area (Å²) in [7, 11) is 0. The average Bonchev–Trinajstić information content (AvgIpc) is 2.76. The SMILES string of the molecule is Cc1ccc2nc(-c3ccccc3O)c(NC(C)(C)C)n2c1. The summed E-state index contributed by atoms with van der Waals surface area (Å²) in [5.41, 5.74) is 3.40. The molecule has 0 aliphatic carbocycles. The van der Waals surface area contributed by atoms with E-state index in [9.17, 15) is 5.11 Å². The Labute approximate surface area is 130 Å². The lowest BCUT2D eigenvalue weighted by atomic mass is 10.1. The third-order valence-electron chi connectivity index (χ3n) is 3.42. The van der Waals surface area contributed by atoms with Crippen LogP contribution in [-0.4, -0.2) is 20.0 Å². The van der Waals surface area contributed by atoms with Gasteiger partial charge >= 0.3 is 0 Å². The Hall–Kier alpha value is -2.49. The normalized spacial score (nSPS) is 11.8. The Kier molecular flexibility index (Phi) is 3.32. The van der Waals surface area contributed by atoms with Crippen LogP contribution in [0.3, 0.4) is 0 Å². The van der Waals surface area contributed by atoms with Gasteiger partial charge in [-0.2, -0.15) is 0 Å². The first kappa shape index (κ1) is 14.4. The number of hydrogen-bond donors (Lipinski definition) is 2. The number of para-hydroxylation sites is 1. The molecule has 4 heteroatoms. The lowest BCUT2D eigenvalue weighted by Crippen LogP contribution is -2.27. The number of nitrogens with zero attached hydrogens (tertiary/aromatic N) is 2. The fourth-order valence-electron chi connectivity index (χ4n) is 2.49. The van der Waals surface area contributed by atoms with Crippen LogP contribution in [0.4, 0.5) is 5.82 Å². The van der Waals surface area contributed by atoms with E-state index in [1.807, 2.05) is 34.7 Å².